The van der Waals surface area contributed by atoms with E-state index < -0.39 is 0 Å². The molecule has 0 spiro atoms. The number of nitrogens with zero attached hydrogens (tertiary/aromatic N) is 1. The monoisotopic (exact) mass is 273 g/mol. The molecular weight excluding hydrogens is 250 g/mol. The summed E-state index contributed by atoms with van der Waals surface area (Å²) in [6, 6.07) is 7.34. The minimum Gasteiger partial charge on any atom is -0.384 e. The van der Waals surface area contributed by atoms with Gasteiger partial charge in [0.05, 0.1) is 5.56 Å². The molecule has 0 saturated carbocycles. The van der Waals surface area contributed by atoms with Crippen molar-refractivity contribution in [2.75, 3.05) is 13.7 Å². The molecule has 0 aliphatic heterocycles. The molecule has 3 heteroatoms. The van der Waals surface area contributed by atoms with Gasteiger partial charge in [-0.05, 0) is 24.5 Å². The Bertz CT molecular complexity index is 532. The first-order chi connectivity index (χ1) is 9.29. The fourth-order valence-electron chi connectivity index (χ4n) is 1.86. The predicted molar refractivity (Wildman–Crippen MR) is 81.4 cm³/mol. The zero-order valence-electron chi connectivity index (χ0n) is 12.9. The molecule has 1 N–H and O–H groups in total. The molecule has 3 nitrogen and oxygen atoms in total. The van der Waals surface area contributed by atoms with Crippen LogP contribution < -0.4 is 0 Å². The average molecular weight is 273 g/mol. The van der Waals surface area contributed by atoms with Crippen LogP contribution in [0.5, 0.6) is 0 Å². The lowest BCUT2D eigenvalue weighted by atomic mass is 9.87. The van der Waals surface area contributed by atoms with Gasteiger partial charge < -0.3 is 10.0 Å². The van der Waals surface area contributed by atoms with E-state index in [1.165, 1.54) is 0 Å². The third kappa shape index (κ3) is 3.85. The second-order valence-electron chi connectivity index (χ2n) is 5.96. The maximum Gasteiger partial charge on any atom is 0.255 e. The lowest BCUT2D eigenvalue weighted by Gasteiger charge is -2.35. The fourth-order valence-corrected chi connectivity index (χ4v) is 1.86. The number of hydrogen-bond acceptors (Lipinski definition) is 2. The van der Waals surface area contributed by atoms with Crippen molar-refractivity contribution in [3.63, 3.8) is 0 Å². The maximum absolute atomic E-state index is 12.6. The van der Waals surface area contributed by atoms with Crippen molar-refractivity contribution in [3.05, 3.63) is 35.4 Å². The first-order valence-electron chi connectivity index (χ1n) is 6.75. The highest BCUT2D eigenvalue weighted by atomic mass is 16.2. The summed E-state index contributed by atoms with van der Waals surface area (Å²) in [6.07, 6.45) is 0. The lowest BCUT2D eigenvalue weighted by molar-refractivity contribution is 0.0629. The van der Waals surface area contributed by atoms with Gasteiger partial charge in [0.1, 0.15) is 6.61 Å². The van der Waals surface area contributed by atoms with Crippen LogP contribution in [-0.4, -0.2) is 35.6 Å². The molecule has 1 unspecified atom stereocenters. The van der Waals surface area contributed by atoms with Gasteiger partial charge in [0, 0.05) is 18.7 Å². The SMILES string of the molecule is CC(N(C)C(=O)c1ccccc1C#CCO)C(C)(C)C. The molecule has 0 fully saturated rings. The number of benzene rings is 1. The van der Waals surface area contributed by atoms with Gasteiger partial charge in [-0.25, -0.2) is 0 Å². The van der Waals surface area contributed by atoms with Gasteiger partial charge >= 0.3 is 0 Å². The molecule has 108 valence electrons. The van der Waals surface area contributed by atoms with Crippen LogP contribution in [0.3, 0.4) is 0 Å². The highest BCUT2D eigenvalue weighted by Gasteiger charge is 2.28. The Morgan fingerprint density at radius 1 is 1.35 bits per heavy atom. The third-order valence-electron chi connectivity index (χ3n) is 3.61. The number of carbonyl (C=O) groups is 1. The molecule has 0 radical (unpaired) electrons. The first kappa shape index (κ1) is 16.3. The highest BCUT2D eigenvalue weighted by Crippen LogP contribution is 2.24. The van der Waals surface area contributed by atoms with Crippen LogP contribution in [0, 0.1) is 17.3 Å². The van der Waals surface area contributed by atoms with Gasteiger partial charge in [0.25, 0.3) is 5.91 Å². The molecule has 0 aliphatic rings. The van der Waals surface area contributed by atoms with Crippen LogP contribution in [-0.2, 0) is 0 Å². The average Bonchev–Trinajstić information content (AvgIpc) is 2.42. The first-order valence-corrected chi connectivity index (χ1v) is 6.75. The smallest absolute Gasteiger partial charge is 0.255 e. The number of hydrogen-bond donors (Lipinski definition) is 1. The summed E-state index contributed by atoms with van der Waals surface area (Å²) in [5.41, 5.74) is 1.24. The molecule has 1 aromatic carbocycles. The second kappa shape index (κ2) is 6.58. The van der Waals surface area contributed by atoms with E-state index in [1.807, 2.05) is 26.1 Å². The molecule has 1 rings (SSSR count). The van der Waals surface area contributed by atoms with Crippen molar-refractivity contribution in [1.82, 2.24) is 4.90 Å². The van der Waals surface area contributed by atoms with Crippen molar-refractivity contribution >= 4 is 5.91 Å². The Hall–Kier alpha value is -1.79. The van der Waals surface area contributed by atoms with Crippen molar-refractivity contribution in [2.45, 2.75) is 33.7 Å². The number of aliphatic hydroxyl groups excluding tert-OH is 1. The lowest BCUT2D eigenvalue weighted by Crippen LogP contribution is -2.43. The summed E-state index contributed by atoms with van der Waals surface area (Å²) in [5.74, 6) is 5.38. The maximum atomic E-state index is 12.6. The van der Waals surface area contributed by atoms with Gasteiger partial charge in [-0.15, -0.1) is 0 Å². The van der Waals surface area contributed by atoms with E-state index in [-0.39, 0.29) is 24.0 Å². The van der Waals surface area contributed by atoms with Crippen LogP contribution >= 0.6 is 0 Å². The van der Waals surface area contributed by atoms with E-state index in [0.29, 0.717) is 11.1 Å². The molecular formula is C17H23NO2. The summed E-state index contributed by atoms with van der Waals surface area (Å²) in [4.78, 5) is 14.4. The molecule has 1 aromatic rings. The van der Waals surface area contributed by atoms with Crippen molar-refractivity contribution < 1.29 is 9.90 Å². The quantitative estimate of drug-likeness (QED) is 0.841. The van der Waals surface area contributed by atoms with Gasteiger partial charge in [-0.3, -0.25) is 4.79 Å². The van der Waals surface area contributed by atoms with Crippen LogP contribution in [0.2, 0.25) is 0 Å². The molecule has 0 bridgehead atoms. The minimum absolute atomic E-state index is 0.0101. The molecule has 0 aliphatic carbocycles. The predicted octanol–water partition coefficient (Wildman–Crippen LogP) is 2.54. The standard InChI is InChI=1S/C17H23NO2/c1-13(17(2,3)4)18(5)16(20)15-11-7-6-9-14(15)10-8-12-19/h6-7,9,11,13,19H,12H2,1-5H3. The van der Waals surface area contributed by atoms with E-state index >= 15 is 0 Å². The van der Waals surface area contributed by atoms with Gasteiger partial charge in [0.2, 0.25) is 0 Å². The van der Waals surface area contributed by atoms with Gasteiger partial charge in [-0.1, -0.05) is 44.7 Å². The van der Waals surface area contributed by atoms with E-state index in [4.69, 9.17) is 5.11 Å². The minimum atomic E-state index is -0.212. The number of amides is 1. The van der Waals surface area contributed by atoms with Crippen LogP contribution in [0.15, 0.2) is 24.3 Å². The van der Waals surface area contributed by atoms with Gasteiger partial charge in [0.15, 0.2) is 0 Å². The van der Waals surface area contributed by atoms with Crippen LogP contribution in [0.1, 0.15) is 43.6 Å². The normalized spacial score (nSPS) is 12.3. The fraction of sp³-hybridized carbons (Fsp3) is 0.471. The van der Waals surface area contributed by atoms with Crippen molar-refractivity contribution in [3.8, 4) is 11.8 Å². The summed E-state index contributed by atoms with van der Waals surface area (Å²) in [7, 11) is 1.81. The molecule has 0 heterocycles. The Kier molecular flexibility index (Phi) is 5.35. The highest BCUT2D eigenvalue weighted by molar-refractivity contribution is 5.96. The summed E-state index contributed by atoms with van der Waals surface area (Å²) >= 11 is 0. The van der Waals surface area contributed by atoms with Crippen LogP contribution in [0.25, 0.3) is 0 Å². The molecule has 1 atom stereocenters. The van der Waals surface area contributed by atoms with Crippen LogP contribution in [0.4, 0.5) is 0 Å². The summed E-state index contributed by atoms with van der Waals surface area (Å²) in [6.45, 7) is 8.16. The Balaban J connectivity index is 3.09. The Morgan fingerprint density at radius 3 is 2.50 bits per heavy atom. The molecule has 0 saturated heterocycles. The van der Waals surface area contributed by atoms with E-state index in [9.17, 15) is 4.79 Å². The zero-order chi connectivity index (χ0) is 15.3. The molecule has 1 amide bonds. The number of rotatable bonds is 2. The zero-order valence-corrected chi connectivity index (χ0v) is 12.9. The number of carbonyl (C=O) groups excluding carboxylic acids is 1. The van der Waals surface area contributed by atoms with E-state index in [0.717, 1.165) is 0 Å². The van der Waals surface area contributed by atoms with Crippen molar-refractivity contribution in [2.24, 2.45) is 5.41 Å². The molecule has 0 aromatic heterocycles. The summed E-state index contributed by atoms with van der Waals surface area (Å²) < 4.78 is 0. The van der Waals surface area contributed by atoms with E-state index in [1.54, 1.807) is 17.0 Å². The van der Waals surface area contributed by atoms with Gasteiger partial charge in [-0.2, -0.15) is 0 Å². The molecule has 20 heavy (non-hydrogen) atoms. The second-order valence-corrected chi connectivity index (χ2v) is 5.96. The largest absolute Gasteiger partial charge is 0.384 e. The topological polar surface area (TPSA) is 40.5 Å². The van der Waals surface area contributed by atoms with E-state index in [2.05, 4.69) is 32.6 Å². The third-order valence-corrected chi connectivity index (χ3v) is 3.61. The van der Waals surface area contributed by atoms with Crippen molar-refractivity contribution in [1.29, 1.82) is 0 Å². The summed E-state index contributed by atoms with van der Waals surface area (Å²) in [5, 5.41) is 8.79. The Morgan fingerprint density at radius 2 is 1.95 bits per heavy atom. The Labute approximate surface area is 121 Å². The number of aliphatic hydroxyl groups is 1.